The molecule has 134 valence electrons. The Balaban J connectivity index is 1.84. The van der Waals surface area contributed by atoms with E-state index in [9.17, 15) is 8.78 Å². The molecule has 7 heteroatoms. The first-order valence-electron chi connectivity index (χ1n) is 8.48. The number of nitrogens with two attached hydrogens (primary N) is 1. The van der Waals surface area contributed by atoms with Gasteiger partial charge in [0.05, 0.1) is 6.04 Å². The van der Waals surface area contributed by atoms with Crippen LogP contribution < -0.4 is 16.4 Å². The summed E-state index contributed by atoms with van der Waals surface area (Å²) in [6.45, 7) is 4.35. The molecule has 4 N–H and O–H groups in total. The van der Waals surface area contributed by atoms with Crippen LogP contribution in [0.3, 0.4) is 0 Å². The molecule has 0 radical (unpaired) electrons. The summed E-state index contributed by atoms with van der Waals surface area (Å²) in [5, 5.41) is 6.24. The number of hydrogen-bond acceptors (Lipinski definition) is 5. The first kappa shape index (κ1) is 18.5. The highest BCUT2D eigenvalue weighted by atomic mass is 33.2. The predicted molar refractivity (Wildman–Crippen MR) is 99.5 cm³/mol. The fraction of sp³-hybridized carbons (Fsp3) is 0.647. The lowest BCUT2D eigenvalue weighted by molar-refractivity contribution is 0.0868. The zero-order valence-electron chi connectivity index (χ0n) is 13.9. The van der Waals surface area contributed by atoms with Gasteiger partial charge in [0.2, 0.25) is 0 Å². The molecule has 1 atom stereocenters. The number of nitrogens with one attached hydrogen (secondary N) is 2. The normalized spacial score (nSPS) is 20.9. The largest absolute Gasteiger partial charge is 0.330 e. The molecule has 0 bridgehead atoms. The number of unbranched alkanes of at least 4 members (excludes halogenated alkanes) is 1. The number of rotatable bonds is 9. The van der Waals surface area contributed by atoms with Crippen LogP contribution in [0, 0.1) is 0 Å². The Hall–Kier alpha value is -0.340. The molecule has 2 aliphatic rings. The second-order valence-corrected chi connectivity index (χ2v) is 9.88. The molecule has 0 aliphatic carbocycles. The minimum atomic E-state index is -2.41. The molecule has 0 spiro atoms. The van der Waals surface area contributed by atoms with Gasteiger partial charge in [-0.15, -0.1) is 0 Å². The highest BCUT2D eigenvalue weighted by molar-refractivity contribution is 8.92. The monoisotopic (exact) mass is 373 g/mol. The van der Waals surface area contributed by atoms with E-state index >= 15 is 0 Å². The van der Waals surface area contributed by atoms with E-state index in [2.05, 4.69) is 23.6 Å². The van der Waals surface area contributed by atoms with Crippen LogP contribution in [0.5, 0.6) is 0 Å². The van der Waals surface area contributed by atoms with Crippen LogP contribution in [0.25, 0.3) is 0 Å². The number of alkyl halides is 2. The summed E-state index contributed by atoms with van der Waals surface area (Å²) in [5.41, 5.74) is 8.58. The summed E-state index contributed by atoms with van der Waals surface area (Å²) in [4.78, 5) is 0. The second kappa shape index (κ2) is 7.91. The standard InChI is InChI=1S/C17H25F2N3S2/c1-17(23-24-17)13-7-11(4-2-3-5-20)6-12(8-13)15(16(18)19)22-14-9-21-10-14/h6-8,14-16,21-22H,2-5,9-10,20H2,1H3. The maximum Gasteiger partial charge on any atom is 0.257 e. The van der Waals surface area contributed by atoms with E-state index in [0.717, 1.165) is 43.5 Å². The average Bonchev–Trinajstić information content (AvgIpc) is 3.25. The summed E-state index contributed by atoms with van der Waals surface area (Å²) in [7, 11) is 3.60. The molecule has 2 fully saturated rings. The van der Waals surface area contributed by atoms with Gasteiger partial charge in [0, 0.05) is 19.1 Å². The summed E-state index contributed by atoms with van der Waals surface area (Å²) >= 11 is 0. The Kier molecular flexibility index (Phi) is 6.08. The van der Waals surface area contributed by atoms with E-state index in [1.165, 1.54) is 0 Å². The van der Waals surface area contributed by atoms with E-state index < -0.39 is 12.5 Å². The summed E-state index contributed by atoms with van der Waals surface area (Å²) in [5.74, 6) is 0. The van der Waals surface area contributed by atoms with Crippen LogP contribution in [0.2, 0.25) is 0 Å². The lowest BCUT2D eigenvalue weighted by Crippen LogP contribution is -2.57. The second-order valence-electron chi connectivity index (χ2n) is 6.66. The van der Waals surface area contributed by atoms with Crippen molar-refractivity contribution in [1.29, 1.82) is 0 Å². The molecule has 0 saturated carbocycles. The van der Waals surface area contributed by atoms with E-state index in [1.54, 1.807) is 21.6 Å². The third kappa shape index (κ3) is 4.43. The van der Waals surface area contributed by atoms with Gasteiger partial charge in [-0.25, -0.2) is 8.78 Å². The molecule has 0 aromatic heterocycles. The molecule has 24 heavy (non-hydrogen) atoms. The highest BCUT2D eigenvalue weighted by Gasteiger charge is 2.43. The molecule has 1 aromatic carbocycles. The molecule has 2 saturated heterocycles. The number of benzene rings is 1. The SMILES string of the molecule is CC1(c2cc(CCCCN)cc(C(NC3CNC3)C(F)F)c2)SS1. The number of aryl methyl sites for hydroxylation is 1. The van der Waals surface area contributed by atoms with E-state index in [1.807, 2.05) is 12.1 Å². The Morgan fingerprint density at radius 2 is 2.04 bits per heavy atom. The van der Waals surface area contributed by atoms with Gasteiger partial charge in [-0.2, -0.15) is 0 Å². The molecule has 3 nitrogen and oxygen atoms in total. The highest BCUT2D eigenvalue weighted by Crippen LogP contribution is 2.71. The Bertz CT molecular complexity index is 563. The van der Waals surface area contributed by atoms with Crippen LogP contribution >= 0.6 is 21.6 Å². The smallest absolute Gasteiger partial charge is 0.257 e. The van der Waals surface area contributed by atoms with Gasteiger partial charge in [0.15, 0.2) is 0 Å². The predicted octanol–water partition coefficient (Wildman–Crippen LogP) is 3.40. The summed E-state index contributed by atoms with van der Waals surface area (Å²) in [6.07, 6.45) is 0.440. The Morgan fingerprint density at radius 3 is 2.58 bits per heavy atom. The molecule has 1 unspecified atom stereocenters. The maximum absolute atomic E-state index is 13.7. The van der Waals surface area contributed by atoms with Gasteiger partial charge >= 0.3 is 0 Å². The van der Waals surface area contributed by atoms with Gasteiger partial charge in [-0.3, -0.25) is 5.32 Å². The van der Waals surface area contributed by atoms with Crippen molar-refractivity contribution in [2.45, 2.75) is 48.8 Å². The third-order valence-electron chi connectivity index (χ3n) is 4.60. The molecular formula is C17H25F2N3S2. The summed E-state index contributed by atoms with van der Waals surface area (Å²) in [6, 6.07) is 5.34. The van der Waals surface area contributed by atoms with Crippen molar-refractivity contribution < 1.29 is 8.78 Å². The van der Waals surface area contributed by atoms with Crippen molar-refractivity contribution in [3.05, 3.63) is 34.9 Å². The minimum absolute atomic E-state index is 0.0172. The van der Waals surface area contributed by atoms with E-state index in [0.29, 0.717) is 12.1 Å². The van der Waals surface area contributed by atoms with E-state index in [-0.39, 0.29) is 10.1 Å². The van der Waals surface area contributed by atoms with Crippen LogP contribution in [-0.2, 0) is 10.5 Å². The van der Waals surface area contributed by atoms with Crippen molar-refractivity contribution >= 4 is 21.6 Å². The zero-order valence-corrected chi connectivity index (χ0v) is 15.5. The first-order valence-corrected chi connectivity index (χ1v) is 10.6. The Labute approximate surface area is 150 Å². The zero-order chi connectivity index (χ0) is 17.2. The molecule has 1 aromatic rings. The van der Waals surface area contributed by atoms with Crippen LogP contribution in [0.15, 0.2) is 18.2 Å². The number of hydrogen-bond donors (Lipinski definition) is 3. The van der Waals surface area contributed by atoms with Gasteiger partial charge < -0.3 is 11.1 Å². The Morgan fingerprint density at radius 1 is 1.29 bits per heavy atom. The fourth-order valence-electron chi connectivity index (χ4n) is 2.91. The summed E-state index contributed by atoms with van der Waals surface area (Å²) < 4.78 is 27.4. The van der Waals surface area contributed by atoms with Gasteiger partial charge in [-0.05, 0) is 49.4 Å². The minimum Gasteiger partial charge on any atom is -0.330 e. The first-order chi connectivity index (χ1) is 11.5. The van der Waals surface area contributed by atoms with Crippen molar-refractivity contribution in [3.63, 3.8) is 0 Å². The van der Waals surface area contributed by atoms with Crippen molar-refractivity contribution in [1.82, 2.24) is 10.6 Å². The lowest BCUT2D eigenvalue weighted by Gasteiger charge is -2.32. The van der Waals surface area contributed by atoms with Gasteiger partial charge in [0.1, 0.15) is 4.08 Å². The topological polar surface area (TPSA) is 50.1 Å². The quantitative estimate of drug-likeness (QED) is 0.352. The fourth-order valence-corrected chi connectivity index (χ4v) is 4.42. The van der Waals surface area contributed by atoms with Crippen LogP contribution in [0.4, 0.5) is 8.78 Å². The van der Waals surface area contributed by atoms with Crippen LogP contribution in [-0.4, -0.2) is 32.1 Å². The van der Waals surface area contributed by atoms with Crippen LogP contribution in [0.1, 0.15) is 42.5 Å². The molecule has 3 rings (SSSR count). The average molecular weight is 374 g/mol. The van der Waals surface area contributed by atoms with E-state index in [4.69, 9.17) is 5.73 Å². The van der Waals surface area contributed by atoms with Crippen molar-refractivity contribution in [2.75, 3.05) is 19.6 Å². The van der Waals surface area contributed by atoms with Crippen molar-refractivity contribution in [3.8, 4) is 0 Å². The van der Waals surface area contributed by atoms with Crippen molar-refractivity contribution in [2.24, 2.45) is 5.73 Å². The lowest BCUT2D eigenvalue weighted by atomic mass is 9.95. The molecule has 2 heterocycles. The third-order valence-corrected chi connectivity index (χ3v) is 7.74. The molecule has 2 aliphatic heterocycles. The van der Waals surface area contributed by atoms with Gasteiger partial charge in [-0.1, -0.05) is 39.8 Å². The molecular weight excluding hydrogens is 348 g/mol. The molecule has 0 amide bonds. The number of halogens is 2. The van der Waals surface area contributed by atoms with Gasteiger partial charge in [0.25, 0.3) is 6.43 Å². The maximum atomic E-state index is 13.7.